The summed E-state index contributed by atoms with van der Waals surface area (Å²) in [7, 11) is 0. The van der Waals surface area contributed by atoms with E-state index in [1.54, 1.807) is 11.8 Å². The molecule has 2 fully saturated rings. The summed E-state index contributed by atoms with van der Waals surface area (Å²) >= 11 is 0. The van der Waals surface area contributed by atoms with Crippen LogP contribution in [0, 0.1) is 5.41 Å². The lowest BCUT2D eigenvalue weighted by atomic mass is 9.80. The first-order chi connectivity index (χ1) is 8.49. The van der Waals surface area contributed by atoms with Crippen molar-refractivity contribution in [1.29, 1.82) is 0 Å². The van der Waals surface area contributed by atoms with E-state index in [1.165, 1.54) is 4.90 Å². The Morgan fingerprint density at radius 3 is 2.72 bits per heavy atom. The molecule has 2 heterocycles. The van der Waals surface area contributed by atoms with E-state index in [0.29, 0.717) is 26.2 Å². The average Bonchev–Trinajstić information content (AvgIpc) is 2.73. The van der Waals surface area contributed by atoms with Crippen LogP contribution >= 0.6 is 0 Å². The van der Waals surface area contributed by atoms with Crippen molar-refractivity contribution >= 4 is 17.7 Å². The smallest absolute Gasteiger partial charge is 0.243 e. The van der Waals surface area contributed by atoms with Crippen molar-refractivity contribution in [2.45, 2.75) is 26.7 Å². The second-order valence-corrected chi connectivity index (χ2v) is 5.09. The fourth-order valence-corrected chi connectivity index (χ4v) is 2.52. The molecule has 2 saturated heterocycles. The Morgan fingerprint density at radius 2 is 2.17 bits per heavy atom. The topological polar surface area (TPSA) is 69.7 Å². The third-order valence-corrected chi connectivity index (χ3v) is 3.80. The van der Waals surface area contributed by atoms with E-state index in [-0.39, 0.29) is 24.3 Å². The Balaban J connectivity index is 2.12. The first-order valence-corrected chi connectivity index (χ1v) is 6.34. The molecule has 2 rings (SSSR count). The van der Waals surface area contributed by atoms with Gasteiger partial charge in [-0.2, -0.15) is 0 Å². The quantitative estimate of drug-likeness (QED) is 0.678. The molecule has 6 nitrogen and oxygen atoms in total. The van der Waals surface area contributed by atoms with Crippen molar-refractivity contribution in [3.8, 4) is 0 Å². The Labute approximate surface area is 106 Å². The zero-order valence-electron chi connectivity index (χ0n) is 10.9. The largest absolute Gasteiger partial charge is 0.355 e. The van der Waals surface area contributed by atoms with Gasteiger partial charge >= 0.3 is 0 Å². The molecular weight excluding hydrogens is 234 g/mol. The molecule has 0 aromatic carbocycles. The van der Waals surface area contributed by atoms with Crippen molar-refractivity contribution in [2.24, 2.45) is 5.41 Å². The standard InChI is InChI=1S/C12H19N3O3/c1-3-14-8-15(7-9(14)16)11(18)12(2)5-4-6-13-10(12)17/h3-8H2,1-2H3,(H,13,17)/t12-/m0/s1. The van der Waals surface area contributed by atoms with Crippen molar-refractivity contribution in [2.75, 3.05) is 26.3 Å². The van der Waals surface area contributed by atoms with Gasteiger partial charge in [-0.1, -0.05) is 0 Å². The SMILES string of the molecule is CCN1CN(C(=O)[C@@]2(C)CCCNC2=O)CC1=O. The van der Waals surface area contributed by atoms with Crippen LogP contribution in [0.3, 0.4) is 0 Å². The van der Waals surface area contributed by atoms with Gasteiger partial charge in [-0.05, 0) is 26.7 Å². The van der Waals surface area contributed by atoms with Crippen molar-refractivity contribution in [3.63, 3.8) is 0 Å². The van der Waals surface area contributed by atoms with Gasteiger partial charge in [0.1, 0.15) is 12.0 Å². The van der Waals surface area contributed by atoms with Crippen molar-refractivity contribution < 1.29 is 14.4 Å². The molecule has 0 spiro atoms. The van der Waals surface area contributed by atoms with E-state index in [2.05, 4.69) is 5.32 Å². The van der Waals surface area contributed by atoms with Crippen LogP contribution in [-0.2, 0) is 14.4 Å². The van der Waals surface area contributed by atoms with Crippen LogP contribution in [-0.4, -0.2) is 53.8 Å². The van der Waals surface area contributed by atoms with E-state index in [1.807, 2.05) is 6.92 Å². The highest BCUT2D eigenvalue weighted by molar-refractivity contribution is 6.06. The Hall–Kier alpha value is -1.59. The number of likely N-dealkylation sites (N-methyl/N-ethyl adjacent to an activating group) is 1. The molecule has 0 unspecified atom stereocenters. The van der Waals surface area contributed by atoms with Crippen LogP contribution in [0.2, 0.25) is 0 Å². The normalized spacial score (nSPS) is 28.6. The lowest BCUT2D eigenvalue weighted by Gasteiger charge is -2.34. The maximum Gasteiger partial charge on any atom is 0.243 e. The molecule has 0 aromatic rings. The number of carbonyl (C=O) groups is 3. The monoisotopic (exact) mass is 253 g/mol. The molecule has 18 heavy (non-hydrogen) atoms. The first kappa shape index (κ1) is 12.9. The predicted molar refractivity (Wildman–Crippen MR) is 64.3 cm³/mol. The van der Waals surface area contributed by atoms with Crippen LogP contribution in [0.4, 0.5) is 0 Å². The molecule has 0 bridgehead atoms. The number of nitrogens with one attached hydrogen (secondary N) is 1. The van der Waals surface area contributed by atoms with Crippen molar-refractivity contribution in [3.05, 3.63) is 0 Å². The van der Waals surface area contributed by atoms with Gasteiger partial charge in [-0.3, -0.25) is 14.4 Å². The minimum Gasteiger partial charge on any atom is -0.355 e. The van der Waals surface area contributed by atoms with Crippen LogP contribution in [0.25, 0.3) is 0 Å². The van der Waals surface area contributed by atoms with Gasteiger partial charge < -0.3 is 15.1 Å². The van der Waals surface area contributed by atoms with Crippen molar-refractivity contribution in [1.82, 2.24) is 15.1 Å². The summed E-state index contributed by atoms with van der Waals surface area (Å²) in [6.45, 7) is 5.16. The Bertz CT molecular complexity index is 396. The van der Waals surface area contributed by atoms with Gasteiger partial charge in [0, 0.05) is 13.1 Å². The zero-order valence-corrected chi connectivity index (χ0v) is 10.9. The summed E-state index contributed by atoms with van der Waals surface area (Å²) < 4.78 is 0. The van der Waals surface area contributed by atoms with Gasteiger partial charge in [-0.15, -0.1) is 0 Å². The third-order valence-electron chi connectivity index (χ3n) is 3.80. The van der Waals surface area contributed by atoms with E-state index >= 15 is 0 Å². The summed E-state index contributed by atoms with van der Waals surface area (Å²) in [6, 6.07) is 0. The predicted octanol–water partition coefficient (Wildman–Crippen LogP) is -0.449. The Morgan fingerprint density at radius 1 is 1.44 bits per heavy atom. The third kappa shape index (κ3) is 1.95. The number of hydrogen-bond donors (Lipinski definition) is 1. The molecule has 3 amide bonds. The van der Waals surface area contributed by atoms with E-state index in [9.17, 15) is 14.4 Å². The summed E-state index contributed by atoms with van der Waals surface area (Å²) in [4.78, 5) is 39.0. The highest BCUT2D eigenvalue weighted by atomic mass is 16.2. The molecule has 6 heteroatoms. The highest BCUT2D eigenvalue weighted by Gasteiger charge is 2.47. The van der Waals surface area contributed by atoms with Crippen LogP contribution in [0.15, 0.2) is 0 Å². The number of amides is 3. The molecule has 0 aromatic heterocycles. The number of hydrogen-bond acceptors (Lipinski definition) is 3. The minimum absolute atomic E-state index is 0.0503. The molecule has 1 N–H and O–H groups in total. The van der Waals surface area contributed by atoms with Gasteiger partial charge in [-0.25, -0.2) is 0 Å². The Kier molecular flexibility index (Phi) is 3.28. The highest BCUT2D eigenvalue weighted by Crippen LogP contribution is 2.30. The van der Waals surface area contributed by atoms with Gasteiger partial charge in [0.15, 0.2) is 0 Å². The summed E-state index contributed by atoms with van der Waals surface area (Å²) in [5.74, 6) is -0.504. The van der Waals surface area contributed by atoms with Crippen LogP contribution < -0.4 is 5.32 Å². The number of carbonyl (C=O) groups excluding carboxylic acids is 3. The molecule has 1 atom stereocenters. The molecule has 2 aliphatic heterocycles. The number of rotatable bonds is 2. The van der Waals surface area contributed by atoms with Crippen LogP contribution in [0.1, 0.15) is 26.7 Å². The van der Waals surface area contributed by atoms with Crippen LogP contribution in [0.5, 0.6) is 0 Å². The second-order valence-electron chi connectivity index (χ2n) is 5.09. The average molecular weight is 253 g/mol. The lowest BCUT2D eigenvalue weighted by molar-refractivity contribution is -0.151. The maximum atomic E-state index is 12.4. The summed E-state index contributed by atoms with van der Waals surface area (Å²) in [5.41, 5.74) is -1.01. The van der Waals surface area contributed by atoms with Gasteiger partial charge in [0.05, 0.1) is 6.67 Å². The summed E-state index contributed by atoms with van der Waals surface area (Å²) in [6.07, 6.45) is 1.35. The lowest BCUT2D eigenvalue weighted by Crippen LogP contribution is -2.53. The molecule has 0 aliphatic carbocycles. The van der Waals surface area contributed by atoms with E-state index < -0.39 is 5.41 Å². The van der Waals surface area contributed by atoms with Gasteiger partial charge in [0.2, 0.25) is 17.7 Å². The maximum absolute atomic E-state index is 12.4. The fraction of sp³-hybridized carbons (Fsp3) is 0.750. The molecule has 0 saturated carbocycles. The fourth-order valence-electron chi connectivity index (χ4n) is 2.52. The zero-order chi connectivity index (χ0) is 13.3. The summed E-state index contributed by atoms with van der Waals surface area (Å²) in [5, 5.41) is 2.73. The van der Waals surface area contributed by atoms with E-state index in [0.717, 1.165) is 6.42 Å². The first-order valence-electron chi connectivity index (χ1n) is 6.34. The minimum atomic E-state index is -1.01. The van der Waals surface area contributed by atoms with Gasteiger partial charge in [0.25, 0.3) is 0 Å². The molecule has 2 aliphatic rings. The second kappa shape index (κ2) is 4.59. The number of piperidine rings is 1. The molecular formula is C12H19N3O3. The van der Waals surface area contributed by atoms with E-state index in [4.69, 9.17) is 0 Å². The number of nitrogens with zero attached hydrogens (tertiary/aromatic N) is 2. The molecule has 100 valence electrons. The molecule has 0 radical (unpaired) electrons.